The first kappa shape index (κ1) is 19.9. The summed E-state index contributed by atoms with van der Waals surface area (Å²) in [7, 11) is 0. The highest BCUT2D eigenvalue weighted by atomic mass is 16.5. The summed E-state index contributed by atoms with van der Waals surface area (Å²) in [6.07, 6.45) is 1.75. The number of ether oxygens (including phenoxy) is 1. The average molecular weight is 360 g/mol. The third kappa shape index (κ3) is 4.23. The summed E-state index contributed by atoms with van der Waals surface area (Å²) in [5, 5.41) is 2.76. The van der Waals surface area contributed by atoms with Crippen molar-refractivity contribution in [3.8, 4) is 0 Å². The number of esters is 1. The molecule has 1 aliphatic heterocycles. The van der Waals surface area contributed by atoms with E-state index in [9.17, 15) is 14.4 Å². The Bertz CT molecular complexity index is 669. The monoisotopic (exact) mass is 360 g/mol. The summed E-state index contributed by atoms with van der Waals surface area (Å²) in [5.41, 5.74) is 0.785. The van der Waals surface area contributed by atoms with Gasteiger partial charge in [-0.2, -0.15) is 0 Å². The molecule has 1 aromatic carbocycles. The van der Waals surface area contributed by atoms with Crippen molar-refractivity contribution < 1.29 is 19.1 Å². The number of hydrogen-bond acceptors (Lipinski definition) is 4. The second-order valence-electron chi connectivity index (χ2n) is 7.11. The van der Waals surface area contributed by atoms with Gasteiger partial charge in [-0.3, -0.25) is 14.5 Å². The Kier molecular flexibility index (Phi) is 6.40. The van der Waals surface area contributed by atoms with Crippen molar-refractivity contribution in [1.82, 2.24) is 10.2 Å². The molecule has 1 saturated heterocycles. The molecule has 2 rings (SSSR count). The molecular formula is C20H28N2O4. The minimum atomic E-state index is -1.11. The maximum Gasteiger partial charge on any atom is 0.325 e. The van der Waals surface area contributed by atoms with Crippen LogP contribution in [0.5, 0.6) is 0 Å². The quantitative estimate of drug-likeness (QED) is 0.438. The molecule has 1 aliphatic rings. The normalized spacial score (nSPS) is 19.8. The Labute approximate surface area is 154 Å². The first-order valence-corrected chi connectivity index (χ1v) is 9.19. The van der Waals surface area contributed by atoms with Crippen molar-refractivity contribution in [2.45, 2.75) is 58.4 Å². The highest BCUT2D eigenvalue weighted by Crippen LogP contribution is 2.30. The van der Waals surface area contributed by atoms with Crippen LogP contribution in [0, 0.1) is 0 Å². The average Bonchev–Trinajstić information content (AvgIpc) is 2.83. The van der Waals surface area contributed by atoms with E-state index < -0.39 is 17.5 Å². The summed E-state index contributed by atoms with van der Waals surface area (Å²) >= 11 is 0. The van der Waals surface area contributed by atoms with Crippen LogP contribution in [0.3, 0.4) is 0 Å². The number of nitrogens with zero attached hydrogens (tertiary/aromatic N) is 1. The lowest BCUT2D eigenvalue weighted by atomic mass is 9.90. The van der Waals surface area contributed by atoms with Crippen molar-refractivity contribution >= 4 is 17.9 Å². The van der Waals surface area contributed by atoms with Crippen LogP contribution in [0.4, 0.5) is 4.79 Å². The molecular weight excluding hydrogens is 332 g/mol. The second-order valence-corrected chi connectivity index (χ2v) is 7.11. The van der Waals surface area contributed by atoms with E-state index >= 15 is 0 Å². The minimum absolute atomic E-state index is 0.00520. The first-order valence-electron chi connectivity index (χ1n) is 9.19. The lowest BCUT2D eigenvalue weighted by Gasteiger charge is -2.22. The first-order chi connectivity index (χ1) is 12.3. The molecule has 3 amide bonds. The van der Waals surface area contributed by atoms with Crippen LogP contribution in [0.25, 0.3) is 0 Å². The number of amides is 3. The fourth-order valence-electron chi connectivity index (χ4n) is 2.90. The van der Waals surface area contributed by atoms with Crippen LogP contribution in [-0.2, 0) is 19.9 Å². The van der Waals surface area contributed by atoms with Crippen LogP contribution in [0.1, 0.15) is 64.0 Å². The van der Waals surface area contributed by atoms with Crippen LogP contribution in [-0.4, -0.2) is 36.0 Å². The maximum atomic E-state index is 12.8. The second kappa shape index (κ2) is 8.34. The van der Waals surface area contributed by atoms with E-state index in [1.54, 1.807) is 6.92 Å². The summed E-state index contributed by atoms with van der Waals surface area (Å²) < 4.78 is 5.08. The van der Waals surface area contributed by atoms with E-state index in [1.807, 2.05) is 31.2 Å². The van der Waals surface area contributed by atoms with E-state index in [2.05, 4.69) is 19.2 Å². The smallest absolute Gasteiger partial charge is 0.325 e. The molecule has 0 aromatic heterocycles. The molecule has 1 N–H and O–H groups in total. The summed E-state index contributed by atoms with van der Waals surface area (Å²) in [6.45, 7) is 8.29. The molecule has 26 heavy (non-hydrogen) atoms. The SMILES string of the molecule is CCCCOC(=O)CCN1C(=O)N[C@@](C)(c2ccc(C(C)C)cc2)C1=O. The fraction of sp³-hybridized carbons (Fsp3) is 0.550. The summed E-state index contributed by atoms with van der Waals surface area (Å²) in [4.78, 5) is 37.9. The van der Waals surface area contributed by atoms with Gasteiger partial charge in [0.25, 0.3) is 5.91 Å². The maximum absolute atomic E-state index is 12.8. The van der Waals surface area contributed by atoms with Gasteiger partial charge in [-0.15, -0.1) is 0 Å². The minimum Gasteiger partial charge on any atom is -0.466 e. The van der Waals surface area contributed by atoms with Gasteiger partial charge >= 0.3 is 12.0 Å². The van der Waals surface area contributed by atoms with Crippen molar-refractivity contribution in [3.63, 3.8) is 0 Å². The van der Waals surface area contributed by atoms with E-state index in [4.69, 9.17) is 4.74 Å². The van der Waals surface area contributed by atoms with E-state index in [0.717, 1.165) is 23.3 Å². The topological polar surface area (TPSA) is 75.7 Å². The summed E-state index contributed by atoms with van der Waals surface area (Å²) in [5.74, 6) is -0.351. The predicted molar refractivity (Wildman–Crippen MR) is 98.6 cm³/mol. The highest BCUT2D eigenvalue weighted by molar-refractivity contribution is 6.07. The third-order valence-corrected chi connectivity index (χ3v) is 4.73. The number of rotatable bonds is 8. The predicted octanol–water partition coefficient (Wildman–Crippen LogP) is 3.31. The molecule has 0 radical (unpaired) electrons. The number of carbonyl (C=O) groups excluding carboxylic acids is 3. The molecule has 0 aliphatic carbocycles. The van der Waals surface area contributed by atoms with Crippen LogP contribution < -0.4 is 5.32 Å². The van der Waals surface area contributed by atoms with Gasteiger partial charge in [-0.1, -0.05) is 51.5 Å². The summed E-state index contributed by atoms with van der Waals surface area (Å²) in [6, 6.07) is 7.20. The van der Waals surface area contributed by atoms with Crippen molar-refractivity contribution in [1.29, 1.82) is 0 Å². The van der Waals surface area contributed by atoms with Crippen LogP contribution in [0.15, 0.2) is 24.3 Å². The van der Waals surface area contributed by atoms with Gasteiger partial charge in [0.2, 0.25) is 0 Å². The van der Waals surface area contributed by atoms with Crippen LogP contribution >= 0.6 is 0 Å². The molecule has 1 atom stereocenters. The Morgan fingerprint density at radius 3 is 2.46 bits per heavy atom. The van der Waals surface area contributed by atoms with Gasteiger partial charge in [0.05, 0.1) is 13.0 Å². The number of unbranched alkanes of at least 4 members (excludes halogenated alkanes) is 1. The highest BCUT2D eigenvalue weighted by Gasteiger charge is 2.48. The molecule has 1 heterocycles. The zero-order chi connectivity index (χ0) is 19.3. The Balaban J connectivity index is 2.03. The van der Waals surface area contributed by atoms with Crippen LogP contribution in [0.2, 0.25) is 0 Å². The van der Waals surface area contributed by atoms with Gasteiger partial charge in [0.15, 0.2) is 0 Å². The van der Waals surface area contributed by atoms with E-state index in [1.165, 1.54) is 5.56 Å². The van der Waals surface area contributed by atoms with Crippen molar-refractivity contribution in [3.05, 3.63) is 35.4 Å². The fourth-order valence-corrected chi connectivity index (χ4v) is 2.90. The molecule has 0 unspecified atom stereocenters. The molecule has 6 nitrogen and oxygen atoms in total. The van der Waals surface area contributed by atoms with Gasteiger partial charge in [0.1, 0.15) is 5.54 Å². The van der Waals surface area contributed by atoms with E-state index in [-0.39, 0.29) is 18.9 Å². The Hall–Kier alpha value is -2.37. The molecule has 0 spiro atoms. The number of hydrogen-bond donors (Lipinski definition) is 1. The van der Waals surface area contributed by atoms with E-state index in [0.29, 0.717) is 12.5 Å². The largest absolute Gasteiger partial charge is 0.466 e. The van der Waals surface area contributed by atoms with Crippen molar-refractivity contribution in [2.24, 2.45) is 0 Å². The number of imide groups is 1. The molecule has 6 heteroatoms. The molecule has 142 valence electrons. The van der Waals surface area contributed by atoms with Gasteiger partial charge < -0.3 is 10.1 Å². The Morgan fingerprint density at radius 1 is 1.23 bits per heavy atom. The standard InChI is InChI=1S/C20H28N2O4/c1-5-6-13-26-17(23)11-12-22-18(24)20(4,21-19(22)25)16-9-7-15(8-10-16)14(2)3/h7-10,14H,5-6,11-13H2,1-4H3,(H,21,25)/t20-/m0/s1. The molecule has 0 saturated carbocycles. The lowest BCUT2D eigenvalue weighted by Crippen LogP contribution is -2.41. The van der Waals surface area contributed by atoms with Gasteiger partial charge in [0, 0.05) is 6.54 Å². The number of urea groups is 1. The molecule has 1 aromatic rings. The number of carbonyl (C=O) groups is 3. The molecule has 1 fully saturated rings. The third-order valence-electron chi connectivity index (χ3n) is 4.73. The van der Waals surface area contributed by atoms with Gasteiger partial charge in [-0.25, -0.2) is 4.79 Å². The number of benzene rings is 1. The zero-order valence-electron chi connectivity index (χ0n) is 16.0. The Morgan fingerprint density at radius 2 is 1.88 bits per heavy atom. The number of nitrogens with one attached hydrogen (secondary N) is 1. The van der Waals surface area contributed by atoms with Gasteiger partial charge in [-0.05, 0) is 30.4 Å². The zero-order valence-corrected chi connectivity index (χ0v) is 16.0. The molecule has 0 bridgehead atoms. The van der Waals surface area contributed by atoms with Crippen molar-refractivity contribution in [2.75, 3.05) is 13.2 Å². The lowest BCUT2D eigenvalue weighted by molar-refractivity contribution is -0.144.